The maximum Gasteiger partial charge on any atom is 0.141 e. The molecule has 5 heteroatoms. The van der Waals surface area contributed by atoms with Crippen LogP contribution >= 0.6 is 11.6 Å². The van der Waals surface area contributed by atoms with Gasteiger partial charge in [0.15, 0.2) is 0 Å². The Hall–Kier alpha value is -2.20. The number of halogens is 2. The summed E-state index contributed by atoms with van der Waals surface area (Å²) in [5.41, 5.74) is 2.61. The van der Waals surface area contributed by atoms with Crippen LogP contribution in [-0.2, 0) is 6.54 Å². The van der Waals surface area contributed by atoms with E-state index in [9.17, 15) is 4.39 Å². The fourth-order valence-corrected chi connectivity index (χ4v) is 2.20. The topological polar surface area (TPSA) is 37.8 Å². The normalized spacial score (nSPS) is 10.7. The van der Waals surface area contributed by atoms with Gasteiger partial charge in [-0.25, -0.2) is 4.39 Å². The van der Waals surface area contributed by atoms with Crippen LogP contribution in [0.5, 0.6) is 0 Å². The predicted octanol–water partition coefficient (Wildman–Crippen LogP) is 4.03. The molecule has 100 valence electrons. The highest BCUT2D eigenvalue weighted by atomic mass is 35.5. The monoisotopic (exact) mass is 287 g/mol. The quantitative estimate of drug-likeness (QED) is 0.790. The molecule has 20 heavy (non-hydrogen) atoms. The molecular weight excluding hydrogens is 277 g/mol. The first-order valence-corrected chi connectivity index (χ1v) is 6.50. The second kappa shape index (κ2) is 5.43. The first-order chi connectivity index (χ1) is 9.74. The van der Waals surface area contributed by atoms with Crippen molar-refractivity contribution in [3.8, 4) is 0 Å². The molecule has 0 saturated heterocycles. The van der Waals surface area contributed by atoms with Gasteiger partial charge in [-0.05, 0) is 23.8 Å². The zero-order chi connectivity index (χ0) is 13.9. The van der Waals surface area contributed by atoms with E-state index in [-0.39, 0.29) is 5.02 Å². The van der Waals surface area contributed by atoms with Gasteiger partial charge in [0, 0.05) is 11.9 Å². The van der Waals surface area contributed by atoms with Crippen molar-refractivity contribution in [2.45, 2.75) is 6.54 Å². The number of fused-ring (bicyclic) bond motifs is 1. The van der Waals surface area contributed by atoms with Crippen molar-refractivity contribution in [3.05, 3.63) is 65.1 Å². The lowest BCUT2D eigenvalue weighted by Crippen LogP contribution is -2.01. The van der Waals surface area contributed by atoms with Crippen molar-refractivity contribution in [2.24, 2.45) is 0 Å². The van der Waals surface area contributed by atoms with Crippen LogP contribution in [0, 0.1) is 5.82 Å². The standard InChI is InChI=1S/C15H11ClFN3/c16-12-7-10(5-6-13(12)17)8-18-15-9-19-20-14-4-2-1-3-11(14)15/h1-7,9H,8H2,(H,18,20). The number of benzene rings is 2. The van der Waals surface area contributed by atoms with E-state index in [1.54, 1.807) is 18.3 Å². The highest BCUT2D eigenvalue weighted by molar-refractivity contribution is 6.30. The molecule has 3 nitrogen and oxygen atoms in total. The first-order valence-electron chi connectivity index (χ1n) is 6.12. The minimum Gasteiger partial charge on any atom is -0.379 e. The molecule has 3 rings (SSSR count). The zero-order valence-corrected chi connectivity index (χ0v) is 11.2. The Kier molecular flexibility index (Phi) is 3.48. The third-order valence-corrected chi connectivity index (χ3v) is 3.30. The van der Waals surface area contributed by atoms with E-state index in [0.717, 1.165) is 22.2 Å². The number of nitrogens with one attached hydrogen (secondary N) is 1. The third-order valence-electron chi connectivity index (χ3n) is 3.01. The zero-order valence-electron chi connectivity index (χ0n) is 10.5. The van der Waals surface area contributed by atoms with Crippen LogP contribution in [0.1, 0.15) is 5.56 Å². The van der Waals surface area contributed by atoms with Crippen molar-refractivity contribution < 1.29 is 4.39 Å². The van der Waals surface area contributed by atoms with Gasteiger partial charge in [-0.15, -0.1) is 0 Å². The second-order valence-corrected chi connectivity index (χ2v) is 4.78. The van der Waals surface area contributed by atoms with Crippen LogP contribution in [0.25, 0.3) is 10.9 Å². The second-order valence-electron chi connectivity index (χ2n) is 4.38. The van der Waals surface area contributed by atoms with E-state index in [4.69, 9.17) is 11.6 Å². The van der Waals surface area contributed by atoms with Gasteiger partial charge in [0.1, 0.15) is 5.82 Å². The van der Waals surface area contributed by atoms with Gasteiger partial charge >= 0.3 is 0 Å². The Labute approximate surface area is 120 Å². The molecular formula is C15H11ClFN3. The van der Waals surface area contributed by atoms with Gasteiger partial charge in [0.25, 0.3) is 0 Å². The molecule has 0 bridgehead atoms. The molecule has 0 aliphatic rings. The van der Waals surface area contributed by atoms with Crippen molar-refractivity contribution in [3.63, 3.8) is 0 Å². The maximum atomic E-state index is 13.1. The lowest BCUT2D eigenvalue weighted by molar-refractivity contribution is 0.627. The molecule has 0 saturated carbocycles. The Morgan fingerprint density at radius 2 is 2.00 bits per heavy atom. The molecule has 0 radical (unpaired) electrons. The van der Waals surface area contributed by atoms with E-state index in [2.05, 4.69) is 15.5 Å². The molecule has 1 heterocycles. The molecule has 1 aromatic heterocycles. The molecule has 3 aromatic rings. The minimum atomic E-state index is -0.411. The number of rotatable bonds is 3. The highest BCUT2D eigenvalue weighted by Crippen LogP contribution is 2.21. The van der Waals surface area contributed by atoms with Gasteiger partial charge < -0.3 is 5.32 Å². The van der Waals surface area contributed by atoms with Crippen LogP contribution < -0.4 is 5.32 Å². The summed E-state index contributed by atoms with van der Waals surface area (Å²) < 4.78 is 13.1. The maximum absolute atomic E-state index is 13.1. The molecule has 0 atom stereocenters. The van der Waals surface area contributed by atoms with Gasteiger partial charge in [-0.1, -0.05) is 35.9 Å². The summed E-state index contributed by atoms with van der Waals surface area (Å²) in [4.78, 5) is 0. The summed E-state index contributed by atoms with van der Waals surface area (Å²) in [6, 6.07) is 12.4. The summed E-state index contributed by atoms with van der Waals surface area (Å²) in [6.07, 6.45) is 1.67. The van der Waals surface area contributed by atoms with E-state index >= 15 is 0 Å². The van der Waals surface area contributed by atoms with Crippen LogP contribution in [0.2, 0.25) is 5.02 Å². The Morgan fingerprint density at radius 1 is 1.15 bits per heavy atom. The van der Waals surface area contributed by atoms with Crippen LogP contribution in [-0.4, -0.2) is 10.2 Å². The highest BCUT2D eigenvalue weighted by Gasteiger charge is 2.04. The van der Waals surface area contributed by atoms with Gasteiger partial charge in [-0.2, -0.15) is 10.2 Å². The van der Waals surface area contributed by atoms with Crippen LogP contribution in [0.4, 0.5) is 10.1 Å². The summed E-state index contributed by atoms with van der Waals surface area (Å²) >= 11 is 5.77. The number of anilines is 1. The molecule has 0 aliphatic carbocycles. The van der Waals surface area contributed by atoms with E-state index < -0.39 is 5.82 Å². The van der Waals surface area contributed by atoms with Gasteiger partial charge in [0.2, 0.25) is 0 Å². The molecule has 0 aliphatic heterocycles. The summed E-state index contributed by atoms with van der Waals surface area (Å²) in [5.74, 6) is -0.411. The minimum absolute atomic E-state index is 0.127. The van der Waals surface area contributed by atoms with Gasteiger partial charge in [-0.3, -0.25) is 0 Å². The Morgan fingerprint density at radius 3 is 2.85 bits per heavy atom. The SMILES string of the molecule is Fc1ccc(CNc2cnnc3ccccc23)cc1Cl. The van der Waals surface area contributed by atoms with Gasteiger partial charge in [0.05, 0.1) is 22.4 Å². The fourth-order valence-electron chi connectivity index (χ4n) is 1.99. The molecule has 0 spiro atoms. The largest absolute Gasteiger partial charge is 0.379 e. The predicted molar refractivity (Wildman–Crippen MR) is 78.3 cm³/mol. The average molecular weight is 288 g/mol. The number of hydrogen-bond acceptors (Lipinski definition) is 3. The molecule has 0 amide bonds. The van der Waals surface area contributed by atoms with Crippen molar-refractivity contribution in [1.82, 2.24) is 10.2 Å². The summed E-state index contributed by atoms with van der Waals surface area (Å²) in [7, 11) is 0. The first kappa shape index (κ1) is 12.8. The summed E-state index contributed by atoms with van der Waals surface area (Å²) in [6.45, 7) is 0.537. The fraction of sp³-hybridized carbons (Fsp3) is 0.0667. The Balaban J connectivity index is 1.85. The van der Waals surface area contributed by atoms with Crippen molar-refractivity contribution >= 4 is 28.2 Å². The lowest BCUT2D eigenvalue weighted by Gasteiger charge is -2.09. The van der Waals surface area contributed by atoms with Crippen molar-refractivity contribution in [1.29, 1.82) is 0 Å². The molecule has 0 fully saturated rings. The van der Waals surface area contributed by atoms with E-state index in [1.807, 2.05) is 24.3 Å². The van der Waals surface area contributed by atoms with E-state index in [1.165, 1.54) is 6.07 Å². The van der Waals surface area contributed by atoms with Crippen LogP contribution in [0.15, 0.2) is 48.7 Å². The smallest absolute Gasteiger partial charge is 0.141 e. The number of hydrogen-bond donors (Lipinski definition) is 1. The summed E-state index contributed by atoms with van der Waals surface area (Å²) in [5, 5.41) is 12.4. The van der Waals surface area contributed by atoms with Crippen LogP contribution in [0.3, 0.4) is 0 Å². The third kappa shape index (κ3) is 2.56. The average Bonchev–Trinajstić information content (AvgIpc) is 2.48. The molecule has 2 aromatic carbocycles. The lowest BCUT2D eigenvalue weighted by atomic mass is 10.2. The molecule has 0 unspecified atom stereocenters. The molecule has 1 N–H and O–H groups in total. The van der Waals surface area contributed by atoms with E-state index in [0.29, 0.717) is 6.54 Å². The Bertz CT molecular complexity index is 756. The number of aromatic nitrogens is 2. The van der Waals surface area contributed by atoms with Crippen molar-refractivity contribution in [2.75, 3.05) is 5.32 Å². The number of nitrogens with zero attached hydrogens (tertiary/aromatic N) is 2.